The van der Waals surface area contributed by atoms with E-state index in [1.807, 2.05) is 80.8 Å². The monoisotopic (exact) mass is 848 g/mol. The van der Waals surface area contributed by atoms with Gasteiger partial charge in [0.05, 0.1) is 49.2 Å². The number of aromatic nitrogens is 4. The van der Waals surface area contributed by atoms with Crippen LogP contribution in [0.4, 0.5) is 14.0 Å². The number of alkyl carbamates (subject to hydrolysis) is 2. The van der Waals surface area contributed by atoms with E-state index < -0.39 is 36.1 Å². The van der Waals surface area contributed by atoms with Crippen LogP contribution >= 0.6 is 0 Å². The van der Waals surface area contributed by atoms with Crippen molar-refractivity contribution < 1.29 is 33.0 Å². The molecule has 1 aliphatic heterocycles. The number of carbonyl (C=O) groups is 4. The number of aromatic amines is 2. The fraction of sp³-hybridized carbons (Fsp3) is 0.489. The first-order valence-electron chi connectivity index (χ1n) is 21.7. The molecule has 2 saturated carbocycles. The number of rotatable bonds is 12. The summed E-state index contributed by atoms with van der Waals surface area (Å²) in [6.07, 6.45) is 3.02. The Kier molecular flexibility index (Phi) is 11.5. The van der Waals surface area contributed by atoms with Crippen molar-refractivity contribution in [2.45, 2.75) is 104 Å². The van der Waals surface area contributed by atoms with Crippen molar-refractivity contribution in [1.29, 1.82) is 0 Å². The van der Waals surface area contributed by atoms with E-state index in [0.29, 0.717) is 40.3 Å². The highest BCUT2D eigenvalue weighted by Gasteiger charge is 2.53. The number of hydrogen-bond donors (Lipinski definition) is 4. The Morgan fingerprint density at radius 1 is 0.855 bits per heavy atom. The zero-order valence-corrected chi connectivity index (χ0v) is 36.8. The summed E-state index contributed by atoms with van der Waals surface area (Å²) in [6, 6.07) is 12.9. The number of nitrogens with zero attached hydrogens (tertiary/aromatic N) is 4. The van der Waals surface area contributed by atoms with Gasteiger partial charge in [-0.3, -0.25) is 9.59 Å². The number of halogens is 1. The van der Waals surface area contributed by atoms with Gasteiger partial charge in [-0.15, -0.1) is 0 Å². The van der Waals surface area contributed by atoms with Gasteiger partial charge in [0.15, 0.2) is 0 Å². The first-order valence-corrected chi connectivity index (χ1v) is 21.7. The Labute approximate surface area is 360 Å². The molecule has 15 heteroatoms. The third-order valence-corrected chi connectivity index (χ3v) is 13.7. The minimum absolute atomic E-state index is 0.00270. The van der Waals surface area contributed by atoms with Gasteiger partial charge < -0.3 is 39.9 Å². The molecule has 0 radical (unpaired) electrons. The van der Waals surface area contributed by atoms with E-state index in [4.69, 9.17) is 14.5 Å². The molecule has 4 amide bonds. The largest absolute Gasteiger partial charge is 0.453 e. The van der Waals surface area contributed by atoms with E-state index >= 15 is 4.39 Å². The topological polar surface area (TPSA) is 175 Å². The molecule has 62 heavy (non-hydrogen) atoms. The predicted molar refractivity (Wildman–Crippen MR) is 233 cm³/mol. The third kappa shape index (κ3) is 7.63. The predicted octanol–water partition coefficient (Wildman–Crippen LogP) is 8.27. The van der Waals surface area contributed by atoms with E-state index in [1.54, 1.807) is 12.3 Å². The SMILES string of the molecule is COC(=O)N[C@H](C(=O)N1C(c2ncc(-c3ccc(-c4ccc5c(ccc6[nH]c([C@H](C)N(C(=O)[C@@H](NC(=O)OC)C(C)C)C7C(C)[C@@H]7C)nc65)c4)cc3F)[nH]2)[C@H]2CC[C@@H]1C2)C(C)C. The molecule has 14 nitrogen and oxygen atoms in total. The van der Waals surface area contributed by atoms with E-state index in [2.05, 4.69) is 39.4 Å². The normalized spacial score (nSPS) is 23.1. The van der Waals surface area contributed by atoms with E-state index in [1.165, 1.54) is 20.3 Å². The summed E-state index contributed by atoms with van der Waals surface area (Å²) in [5.41, 5.74) is 4.01. The van der Waals surface area contributed by atoms with Crippen LogP contribution in [0.5, 0.6) is 0 Å². The summed E-state index contributed by atoms with van der Waals surface area (Å²) in [5.74, 6) is 0.966. The van der Waals surface area contributed by atoms with Crippen LogP contribution in [0.15, 0.2) is 54.7 Å². The van der Waals surface area contributed by atoms with Crippen LogP contribution in [0.2, 0.25) is 0 Å². The summed E-state index contributed by atoms with van der Waals surface area (Å²) < 4.78 is 25.7. The van der Waals surface area contributed by atoms with Crippen LogP contribution < -0.4 is 10.6 Å². The van der Waals surface area contributed by atoms with Gasteiger partial charge in [0, 0.05) is 23.0 Å². The number of benzene rings is 3. The molecule has 3 aromatic carbocycles. The lowest BCUT2D eigenvalue weighted by Crippen LogP contribution is -2.54. The average molecular weight is 849 g/mol. The molecule has 5 aromatic rings. The quantitative estimate of drug-likeness (QED) is 0.0971. The Hall–Kier alpha value is -5.99. The lowest BCUT2D eigenvalue weighted by Gasteiger charge is -2.37. The second-order valence-electron chi connectivity index (χ2n) is 18.2. The minimum Gasteiger partial charge on any atom is -0.453 e. The van der Waals surface area contributed by atoms with Crippen LogP contribution in [-0.4, -0.2) is 92.1 Å². The van der Waals surface area contributed by atoms with Gasteiger partial charge in [-0.2, -0.15) is 0 Å². The summed E-state index contributed by atoms with van der Waals surface area (Å²) in [6.45, 7) is 13.8. The van der Waals surface area contributed by atoms with Crippen molar-refractivity contribution in [1.82, 2.24) is 40.4 Å². The standard InChI is InChI=1S/C47H57FN8O6/c1-22(2)37(53-46(59)61-8)44(57)55(40-24(5)25(40)6)26(7)42-50-35-17-13-29-18-27(11-15-32(29)39(35)52-42)28-12-16-33(34(48)20-28)36-21-49-43(51-36)41-30-10-14-31(19-30)56(41)45(58)38(23(3)4)54-47(60)62-9/h11-13,15-18,20-26,30-31,37-38,40-41H,10,14,19H2,1-9H3,(H,49,51)(H,50,52)(H,53,59)(H,54,60)/t24-,25?,26-,30-,31+,37-,38-,40?,41?/m0/s1. The molecule has 3 aliphatic rings. The third-order valence-electron chi connectivity index (χ3n) is 13.7. The number of nitrogens with one attached hydrogen (secondary N) is 4. The molecular weight excluding hydrogens is 792 g/mol. The molecule has 3 heterocycles. The Morgan fingerprint density at radius 2 is 1.52 bits per heavy atom. The maximum absolute atomic E-state index is 16.1. The van der Waals surface area contributed by atoms with Crippen LogP contribution in [0.3, 0.4) is 0 Å². The lowest BCUT2D eigenvalue weighted by molar-refractivity contribution is -0.139. The van der Waals surface area contributed by atoms with Gasteiger partial charge in [0.1, 0.15) is 29.5 Å². The van der Waals surface area contributed by atoms with E-state index in [9.17, 15) is 19.2 Å². The Morgan fingerprint density at radius 3 is 2.16 bits per heavy atom. The van der Waals surface area contributed by atoms with E-state index in [0.717, 1.165) is 46.6 Å². The zero-order valence-electron chi connectivity index (χ0n) is 36.8. The van der Waals surface area contributed by atoms with Crippen LogP contribution in [0, 0.1) is 35.4 Å². The molecule has 0 spiro atoms. The molecule has 2 aromatic heterocycles. The summed E-state index contributed by atoms with van der Waals surface area (Å²) >= 11 is 0. The lowest BCUT2D eigenvalue weighted by atomic mass is 9.95. The van der Waals surface area contributed by atoms with Gasteiger partial charge in [-0.05, 0) is 96.6 Å². The average Bonchev–Trinajstić information content (AvgIpc) is 3.92. The second kappa shape index (κ2) is 16.7. The zero-order chi connectivity index (χ0) is 44.3. The fourth-order valence-corrected chi connectivity index (χ4v) is 9.98. The van der Waals surface area contributed by atoms with Crippen molar-refractivity contribution in [2.24, 2.45) is 29.6 Å². The summed E-state index contributed by atoms with van der Waals surface area (Å²) in [7, 11) is 2.56. The fourth-order valence-electron chi connectivity index (χ4n) is 9.98. The highest BCUT2D eigenvalue weighted by Crippen LogP contribution is 2.50. The van der Waals surface area contributed by atoms with Crippen molar-refractivity contribution in [3.8, 4) is 22.4 Å². The van der Waals surface area contributed by atoms with Gasteiger partial charge in [0.25, 0.3) is 0 Å². The molecule has 8 rings (SSSR count). The smallest absolute Gasteiger partial charge is 0.407 e. The Balaban J connectivity index is 1.03. The van der Waals surface area contributed by atoms with Crippen molar-refractivity contribution >= 4 is 45.8 Å². The number of hydrogen-bond acceptors (Lipinski definition) is 8. The van der Waals surface area contributed by atoms with E-state index in [-0.39, 0.29) is 47.7 Å². The highest BCUT2D eigenvalue weighted by molar-refractivity contribution is 6.05. The maximum Gasteiger partial charge on any atom is 0.407 e. The molecule has 4 N–H and O–H groups in total. The molecule has 9 atom stereocenters. The first-order chi connectivity index (χ1) is 29.6. The summed E-state index contributed by atoms with van der Waals surface area (Å²) in [4.78, 5) is 72.9. The molecule has 328 valence electrons. The highest BCUT2D eigenvalue weighted by atomic mass is 19.1. The number of likely N-dealkylation sites (tertiary alicyclic amines) is 1. The van der Waals surface area contributed by atoms with Crippen molar-refractivity contribution in [2.75, 3.05) is 14.2 Å². The van der Waals surface area contributed by atoms with Crippen LogP contribution in [0.1, 0.15) is 91.5 Å². The van der Waals surface area contributed by atoms with Crippen LogP contribution in [0.25, 0.3) is 44.2 Å². The van der Waals surface area contributed by atoms with Gasteiger partial charge in [0.2, 0.25) is 11.8 Å². The molecule has 2 aliphatic carbocycles. The van der Waals surface area contributed by atoms with Gasteiger partial charge >= 0.3 is 12.2 Å². The maximum atomic E-state index is 16.1. The number of imidazole rings is 2. The molecular formula is C47H57FN8O6. The molecule has 2 bridgehead atoms. The summed E-state index contributed by atoms with van der Waals surface area (Å²) in [5, 5.41) is 7.30. The molecule has 3 unspecified atom stereocenters. The minimum atomic E-state index is -0.763. The first kappa shape index (κ1) is 42.7. The molecule has 1 saturated heterocycles. The number of amides is 4. The Bertz CT molecular complexity index is 2530. The number of fused-ring (bicyclic) bond motifs is 5. The number of methoxy groups -OCH3 is 2. The van der Waals surface area contributed by atoms with Gasteiger partial charge in [-0.1, -0.05) is 65.8 Å². The molecule has 3 fully saturated rings. The number of H-pyrrole nitrogens is 2. The second-order valence-corrected chi connectivity index (χ2v) is 18.2. The van der Waals surface area contributed by atoms with Crippen LogP contribution in [-0.2, 0) is 19.1 Å². The van der Waals surface area contributed by atoms with Crippen molar-refractivity contribution in [3.05, 3.63) is 72.2 Å². The number of piperidine rings is 1. The van der Waals surface area contributed by atoms with Gasteiger partial charge in [-0.25, -0.2) is 23.9 Å². The number of carbonyl (C=O) groups excluding carboxylic acids is 4. The van der Waals surface area contributed by atoms with Crippen molar-refractivity contribution in [3.63, 3.8) is 0 Å². The number of ether oxygens (including phenoxy) is 2.